The number of allylic oxidation sites excluding steroid dienone is 5. The minimum absolute atomic E-state index is 1.17. The predicted molar refractivity (Wildman–Crippen MR) is 70.7 cm³/mol. The van der Waals surface area contributed by atoms with E-state index >= 15 is 0 Å². The fourth-order valence-corrected chi connectivity index (χ4v) is 3.32. The van der Waals surface area contributed by atoms with Gasteiger partial charge >= 0.3 is 0 Å². The molecule has 0 atom stereocenters. The Labute approximate surface area is 102 Å². The Morgan fingerprint density at radius 3 is 2.65 bits per heavy atom. The van der Waals surface area contributed by atoms with Crippen molar-refractivity contribution in [1.82, 2.24) is 0 Å². The lowest BCUT2D eigenvalue weighted by atomic mass is 9.74. The van der Waals surface area contributed by atoms with Crippen LogP contribution in [0.4, 0.5) is 0 Å². The summed E-state index contributed by atoms with van der Waals surface area (Å²) in [6.45, 7) is 0. The summed E-state index contributed by atoms with van der Waals surface area (Å²) < 4.78 is 0. The van der Waals surface area contributed by atoms with Gasteiger partial charge in [-0.2, -0.15) is 0 Å². The highest BCUT2D eigenvalue weighted by molar-refractivity contribution is 5.89. The summed E-state index contributed by atoms with van der Waals surface area (Å²) in [5.74, 6) is 0. The van der Waals surface area contributed by atoms with E-state index in [9.17, 15) is 0 Å². The van der Waals surface area contributed by atoms with Gasteiger partial charge in [0.2, 0.25) is 0 Å². The average molecular weight is 218 g/mol. The summed E-state index contributed by atoms with van der Waals surface area (Å²) in [6.07, 6.45) is 11.2. The molecule has 82 valence electrons. The van der Waals surface area contributed by atoms with Crippen molar-refractivity contribution in [3.8, 4) is 0 Å². The van der Waals surface area contributed by atoms with Crippen molar-refractivity contribution in [2.75, 3.05) is 0 Å². The van der Waals surface area contributed by atoms with Gasteiger partial charge in [0.15, 0.2) is 0 Å². The molecule has 0 nitrogen and oxygen atoms in total. The summed E-state index contributed by atoms with van der Waals surface area (Å²) in [7, 11) is 0. The van der Waals surface area contributed by atoms with Gasteiger partial charge in [-0.05, 0) is 71.2 Å². The molecule has 0 aromatic heterocycles. The lowest BCUT2D eigenvalue weighted by Gasteiger charge is -2.30. The van der Waals surface area contributed by atoms with Gasteiger partial charge in [-0.3, -0.25) is 0 Å². The minimum atomic E-state index is 1.17. The van der Waals surface area contributed by atoms with Crippen molar-refractivity contribution in [3.63, 3.8) is 0 Å². The molecule has 0 fully saturated rings. The van der Waals surface area contributed by atoms with Crippen molar-refractivity contribution in [1.29, 1.82) is 0 Å². The Hall–Kier alpha value is -1.78. The quantitative estimate of drug-likeness (QED) is 0.578. The molecular formula is C17H14. The number of aryl methyl sites for hydroxylation is 2. The van der Waals surface area contributed by atoms with E-state index < -0.39 is 0 Å². The maximum atomic E-state index is 3.28. The molecule has 1 aromatic carbocycles. The highest BCUT2D eigenvalue weighted by Crippen LogP contribution is 2.44. The number of benzene rings is 1. The number of hydrogen-bond donors (Lipinski definition) is 0. The normalized spacial score (nSPS) is 19.9. The van der Waals surface area contributed by atoms with Crippen LogP contribution < -0.4 is 0 Å². The van der Waals surface area contributed by atoms with E-state index in [-0.39, 0.29) is 0 Å². The van der Waals surface area contributed by atoms with E-state index in [1.165, 1.54) is 42.4 Å². The Kier molecular flexibility index (Phi) is 1.83. The van der Waals surface area contributed by atoms with E-state index in [0.29, 0.717) is 0 Å². The standard InChI is InChI=1S/C17H14/c1-2-5-13-9-11-15-7-3-6-14-10-8-12(4-1)16(13)17(14)15/h1,3-7H,8-11H2. The van der Waals surface area contributed by atoms with Gasteiger partial charge in [-0.1, -0.05) is 24.3 Å². The molecule has 0 unspecified atom stereocenters. The van der Waals surface area contributed by atoms with Crippen LogP contribution in [0.3, 0.4) is 0 Å². The zero-order valence-corrected chi connectivity index (χ0v) is 9.79. The van der Waals surface area contributed by atoms with E-state index in [1.54, 1.807) is 16.7 Å². The Morgan fingerprint density at radius 2 is 1.76 bits per heavy atom. The smallest absolute Gasteiger partial charge is 0.0108 e. The second-order valence-corrected chi connectivity index (χ2v) is 5.02. The molecule has 0 saturated carbocycles. The molecule has 1 aromatic rings. The van der Waals surface area contributed by atoms with Gasteiger partial charge in [0.1, 0.15) is 0 Å². The van der Waals surface area contributed by atoms with E-state index in [0.717, 1.165) is 0 Å². The van der Waals surface area contributed by atoms with Crippen LogP contribution in [0.5, 0.6) is 0 Å². The lowest BCUT2D eigenvalue weighted by molar-refractivity contribution is 0.876. The van der Waals surface area contributed by atoms with Gasteiger partial charge in [-0.25, -0.2) is 0 Å². The number of hydrogen-bond acceptors (Lipinski definition) is 0. The zero-order valence-electron chi connectivity index (χ0n) is 9.79. The molecule has 3 aliphatic carbocycles. The number of rotatable bonds is 0. The van der Waals surface area contributed by atoms with Crippen LogP contribution in [0.1, 0.15) is 29.5 Å². The highest BCUT2D eigenvalue weighted by Gasteiger charge is 2.26. The second-order valence-electron chi connectivity index (χ2n) is 5.02. The van der Waals surface area contributed by atoms with Gasteiger partial charge in [0.25, 0.3) is 0 Å². The van der Waals surface area contributed by atoms with Crippen LogP contribution in [-0.2, 0) is 12.8 Å². The Morgan fingerprint density at radius 1 is 0.941 bits per heavy atom. The molecule has 0 spiro atoms. The van der Waals surface area contributed by atoms with Crippen LogP contribution >= 0.6 is 0 Å². The maximum Gasteiger partial charge on any atom is -0.0108 e. The molecule has 0 N–H and O–H groups in total. The van der Waals surface area contributed by atoms with Crippen molar-refractivity contribution >= 4 is 5.57 Å². The highest BCUT2D eigenvalue weighted by atomic mass is 14.3. The maximum absolute atomic E-state index is 3.28. The van der Waals surface area contributed by atoms with Gasteiger partial charge in [0.05, 0.1) is 0 Å². The lowest BCUT2D eigenvalue weighted by Crippen LogP contribution is -2.13. The zero-order chi connectivity index (χ0) is 11.2. The van der Waals surface area contributed by atoms with Crippen LogP contribution in [0.25, 0.3) is 5.57 Å². The third-order valence-electron chi connectivity index (χ3n) is 4.09. The molecule has 0 saturated heterocycles. The first-order valence-electron chi connectivity index (χ1n) is 6.40. The van der Waals surface area contributed by atoms with E-state index in [1.807, 2.05) is 0 Å². The third-order valence-corrected chi connectivity index (χ3v) is 4.09. The molecule has 0 amide bonds. The van der Waals surface area contributed by atoms with Crippen molar-refractivity contribution in [2.24, 2.45) is 0 Å². The van der Waals surface area contributed by atoms with Crippen LogP contribution in [0.15, 0.2) is 53.3 Å². The fourth-order valence-electron chi connectivity index (χ4n) is 3.32. The topological polar surface area (TPSA) is 0 Å². The summed E-state index contributed by atoms with van der Waals surface area (Å²) in [5.41, 5.74) is 12.4. The van der Waals surface area contributed by atoms with Crippen molar-refractivity contribution in [2.45, 2.75) is 25.7 Å². The monoisotopic (exact) mass is 218 g/mol. The van der Waals surface area contributed by atoms with Gasteiger partial charge in [-0.15, -0.1) is 5.73 Å². The first-order valence-corrected chi connectivity index (χ1v) is 6.40. The summed E-state index contributed by atoms with van der Waals surface area (Å²) >= 11 is 0. The van der Waals surface area contributed by atoms with E-state index in [4.69, 9.17) is 0 Å². The molecule has 3 aliphatic rings. The molecular weight excluding hydrogens is 204 g/mol. The summed E-state index contributed by atoms with van der Waals surface area (Å²) in [5, 5.41) is 0. The average Bonchev–Trinajstić information content (AvgIpc) is 2.59. The summed E-state index contributed by atoms with van der Waals surface area (Å²) in [6, 6.07) is 6.82. The van der Waals surface area contributed by atoms with Crippen molar-refractivity contribution < 1.29 is 0 Å². The Bertz CT molecular complexity index is 632. The second kappa shape index (κ2) is 3.35. The summed E-state index contributed by atoms with van der Waals surface area (Å²) in [4.78, 5) is 0. The fraction of sp³-hybridized carbons (Fsp3) is 0.235. The Balaban J connectivity index is 2.10. The van der Waals surface area contributed by atoms with Crippen LogP contribution in [0.2, 0.25) is 0 Å². The molecule has 0 aliphatic heterocycles. The first kappa shape index (κ1) is 9.27. The van der Waals surface area contributed by atoms with Gasteiger partial charge < -0.3 is 0 Å². The molecule has 0 heteroatoms. The first-order chi connectivity index (χ1) is 8.43. The van der Waals surface area contributed by atoms with E-state index in [2.05, 4.69) is 42.2 Å². The van der Waals surface area contributed by atoms with Crippen LogP contribution in [-0.4, -0.2) is 0 Å². The van der Waals surface area contributed by atoms with Crippen molar-refractivity contribution in [3.05, 3.63) is 70.0 Å². The molecule has 0 bridgehead atoms. The molecule has 0 radical (unpaired) electrons. The SMILES string of the molecule is C1=CC=C2CCc3cccc4c3C2=C(C=1)CC4. The molecule has 4 rings (SSSR count). The minimum Gasteiger partial charge on any atom is -0.121 e. The van der Waals surface area contributed by atoms with Gasteiger partial charge in [0, 0.05) is 0 Å². The molecule has 17 heavy (non-hydrogen) atoms. The predicted octanol–water partition coefficient (Wildman–Crippen LogP) is 3.98. The largest absolute Gasteiger partial charge is 0.121 e. The molecule has 0 heterocycles. The third kappa shape index (κ3) is 1.25. The van der Waals surface area contributed by atoms with Crippen LogP contribution in [0, 0.1) is 0 Å².